The molecule has 1 aliphatic heterocycles. The van der Waals surface area contributed by atoms with E-state index in [-0.39, 0.29) is 0 Å². The molecule has 2 aliphatic carbocycles. The molecule has 3 rings (SSSR count). The van der Waals surface area contributed by atoms with E-state index in [1.54, 1.807) is 0 Å². The van der Waals surface area contributed by atoms with Crippen molar-refractivity contribution in [3.63, 3.8) is 0 Å². The first kappa shape index (κ1) is 12.9. The van der Waals surface area contributed by atoms with Crippen molar-refractivity contribution in [3.05, 3.63) is 0 Å². The second-order valence-electron chi connectivity index (χ2n) is 6.79. The summed E-state index contributed by atoms with van der Waals surface area (Å²) in [6.07, 6.45) is 8.38. The minimum Gasteiger partial charge on any atom is -0.381 e. The number of hydrogen-bond acceptors (Lipinski definition) is 3. The predicted molar refractivity (Wildman–Crippen MR) is 73.7 cm³/mol. The molecule has 1 heterocycles. The van der Waals surface area contributed by atoms with Gasteiger partial charge in [0.15, 0.2) is 0 Å². The van der Waals surface area contributed by atoms with E-state index in [1.165, 1.54) is 51.6 Å². The van der Waals surface area contributed by atoms with Crippen LogP contribution in [0.15, 0.2) is 0 Å². The maximum Gasteiger partial charge on any atom is 0.0546 e. The summed E-state index contributed by atoms with van der Waals surface area (Å²) in [6, 6.07) is 0.904. The van der Waals surface area contributed by atoms with E-state index in [2.05, 4.69) is 17.3 Å². The van der Waals surface area contributed by atoms with E-state index in [0.29, 0.717) is 5.41 Å². The normalized spacial score (nSPS) is 33.0. The molecular formula is C15H28N2O. The minimum atomic E-state index is 0.379. The minimum absolute atomic E-state index is 0.379. The molecule has 104 valence electrons. The number of rotatable bonds is 7. The van der Waals surface area contributed by atoms with Crippen molar-refractivity contribution in [1.82, 2.24) is 10.2 Å². The summed E-state index contributed by atoms with van der Waals surface area (Å²) in [5.41, 5.74) is 0.379. The summed E-state index contributed by atoms with van der Waals surface area (Å²) in [6.45, 7) is 5.66. The molecule has 0 aromatic carbocycles. The molecule has 0 radical (unpaired) electrons. The van der Waals surface area contributed by atoms with Crippen LogP contribution < -0.4 is 5.32 Å². The first-order valence-corrected chi connectivity index (χ1v) is 7.78. The highest BCUT2D eigenvalue weighted by Crippen LogP contribution is 2.38. The van der Waals surface area contributed by atoms with Gasteiger partial charge in [-0.1, -0.05) is 0 Å². The standard InChI is InChI=1S/C15H28N2O/c1-16-10-15(7-2-8-18-12-15)11-17(14-5-6-14)9-13-3-4-13/h13-14,16H,2-12H2,1H3. The first-order valence-electron chi connectivity index (χ1n) is 7.78. The quantitative estimate of drug-likeness (QED) is 0.749. The number of hydrogen-bond donors (Lipinski definition) is 1. The van der Waals surface area contributed by atoms with Crippen molar-refractivity contribution < 1.29 is 4.74 Å². The van der Waals surface area contributed by atoms with Gasteiger partial charge in [0.25, 0.3) is 0 Å². The summed E-state index contributed by atoms with van der Waals surface area (Å²) in [4.78, 5) is 2.80. The molecule has 1 saturated heterocycles. The van der Waals surface area contributed by atoms with E-state index in [0.717, 1.165) is 31.7 Å². The Bertz CT molecular complexity index is 262. The van der Waals surface area contributed by atoms with Crippen LogP contribution in [0.5, 0.6) is 0 Å². The molecule has 2 saturated carbocycles. The Balaban J connectivity index is 1.61. The van der Waals surface area contributed by atoms with Gasteiger partial charge in [0.2, 0.25) is 0 Å². The van der Waals surface area contributed by atoms with Crippen molar-refractivity contribution in [3.8, 4) is 0 Å². The van der Waals surface area contributed by atoms with Crippen LogP contribution in [0.25, 0.3) is 0 Å². The Hall–Kier alpha value is -0.120. The second-order valence-corrected chi connectivity index (χ2v) is 6.79. The molecule has 0 spiro atoms. The lowest BCUT2D eigenvalue weighted by atomic mass is 9.81. The van der Waals surface area contributed by atoms with E-state index in [4.69, 9.17) is 4.74 Å². The Morgan fingerprint density at radius 2 is 2.11 bits per heavy atom. The van der Waals surface area contributed by atoms with Crippen LogP contribution in [-0.4, -0.2) is 50.8 Å². The fourth-order valence-electron chi connectivity index (χ4n) is 3.45. The summed E-state index contributed by atoms with van der Waals surface area (Å²) in [5, 5.41) is 3.41. The summed E-state index contributed by atoms with van der Waals surface area (Å²) < 4.78 is 5.79. The van der Waals surface area contributed by atoms with Gasteiger partial charge in [0, 0.05) is 37.7 Å². The predicted octanol–water partition coefficient (Wildman–Crippen LogP) is 1.88. The molecule has 3 nitrogen and oxygen atoms in total. The Morgan fingerprint density at radius 1 is 1.28 bits per heavy atom. The van der Waals surface area contributed by atoms with Gasteiger partial charge in [-0.25, -0.2) is 0 Å². The molecule has 3 aliphatic rings. The van der Waals surface area contributed by atoms with Crippen LogP contribution in [-0.2, 0) is 4.74 Å². The average Bonchev–Trinajstić information content (AvgIpc) is 3.24. The van der Waals surface area contributed by atoms with Crippen molar-refractivity contribution in [2.24, 2.45) is 11.3 Å². The van der Waals surface area contributed by atoms with Gasteiger partial charge in [-0.05, 0) is 51.5 Å². The molecule has 3 fully saturated rings. The first-order chi connectivity index (χ1) is 8.81. The molecule has 3 heteroatoms. The van der Waals surface area contributed by atoms with Crippen molar-refractivity contribution >= 4 is 0 Å². The molecular weight excluding hydrogens is 224 g/mol. The number of nitrogens with one attached hydrogen (secondary N) is 1. The third kappa shape index (κ3) is 3.25. The second kappa shape index (κ2) is 5.48. The lowest BCUT2D eigenvalue weighted by Crippen LogP contribution is -2.49. The Kier molecular flexibility index (Phi) is 3.92. The van der Waals surface area contributed by atoms with Gasteiger partial charge in [0.05, 0.1) is 6.61 Å². The van der Waals surface area contributed by atoms with E-state index >= 15 is 0 Å². The van der Waals surface area contributed by atoms with Gasteiger partial charge in [-0.15, -0.1) is 0 Å². The highest BCUT2D eigenvalue weighted by atomic mass is 16.5. The molecule has 1 unspecified atom stereocenters. The maximum atomic E-state index is 5.79. The van der Waals surface area contributed by atoms with E-state index in [1.807, 2.05) is 0 Å². The zero-order chi connectivity index (χ0) is 12.4. The lowest BCUT2D eigenvalue weighted by Gasteiger charge is -2.41. The zero-order valence-corrected chi connectivity index (χ0v) is 11.8. The molecule has 0 aromatic rings. The Labute approximate surface area is 111 Å². The van der Waals surface area contributed by atoms with Gasteiger partial charge in [-0.3, -0.25) is 4.90 Å². The molecule has 0 aromatic heterocycles. The third-order valence-corrected chi connectivity index (χ3v) is 4.75. The van der Waals surface area contributed by atoms with Crippen LogP contribution in [0.1, 0.15) is 38.5 Å². The largest absolute Gasteiger partial charge is 0.381 e. The van der Waals surface area contributed by atoms with Crippen LogP contribution in [0.3, 0.4) is 0 Å². The van der Waals surface area contributed by atoms with Crippen LogP contribution in [0, 0.1) is 11.3 Å². The SMILES string of the molecule is CNCC1(CN(CC2CC2)C2CC2)CCCOC1. The third-order valence-electron chi connectivity index (χ3n) is 4.75. The summed E-state index contributed by atoms with van der Waals surface area (Å²) in [7, 11) is 2.08. The number of ether oxygens (including phenoxy) is 1. The maximum absolute atomic E-state index is 5.79. The van der Waals surface area contributed by atoms with Crippen LogP contribution in [0.4, 0.5) is 0 Å². The van der Waals surface area contributed by atoms with Gasteiger partial charge < -0.3 is 10.1 Å². The molecule has 1 N–H and O–H groups in total. The monoisotopic (exact) mass is 252 g/mol. The van der Waals surface area contributed by atoms with Crippen molar-refractivity contribution in [2.75, 3.05) is 39.9 Å². The fourth-order valence-corrected chi connectivity index (χ4v) is 3.45. The molecule has 1 atom stereocenters. The molecule has 0 bridgehead atoms. The van der Waals surface area contributed by atoms with Crippen LogP contribution >= 0.6 is 0 Å². The summed E-state index contributed by atoms with van der Waals surface area (Å²) in [5.74, 6) is 1.02. The lowest BCUT2D eigenvalue weighted by molar-refractivity contribution is -0.0274. The van der Waals surface area contributed by atoms with E-state index < -0.39 is 0 Å². The average molecular weight is 252 g/mol. The van der Waals surface area contributed by atoms with Crippen molar-refractivity contribution in [2.45, 2.75) is 44.6 Å². The van der Waals surface area contributed by atoms with Gasteiger partial charge in [-0.2, -0.15) is 0 Å². The summed E-state index contributed by atoms with van der Waals surface area (Å²) >= 11 is 0. The topological polar surface area (TPSA) is 24.5 Å². The van der Waals surface area contributed by atoms with Crippen LogP contribution in [0.2, 0.25) is 0 Å². The smallest absolute Gasteiger partial charge is 0.0546 e. The van der Waals surface area contributed by atoms with Gasteiger partial charge in [0.1, 0.15) is 0 Å². The van der Waals surface area contributed by atoms with Crippen molar-refractivity contribution in [1.29, 1.82) is 0 Å². The van der Waals surface area contributed by atoms with E-state index in [9.17, 15) is 0 Å². The fraction of sp³-hybridized carbons (Fsp3) is 1.00. The zero-order valence-electron chi connectivity index (χ0n) is 11.8. The number of nitrogens with zero attached hydrogens (tertiary/aromatic N) is 1. The molecule has 0 amide bonds. The highest BCUT2D eigenvalue weighted by molar-refractivity contribution is 4.94. The molecule has 18 heavy (non-hydrogen) atoms. The Morgan fingerprint density at radius 3 is 2.67 bits per heavy atom. The van der Waals surface area contributed by atoms with Gasteiger partial charge >= 0.3 is 0 Å². The highest BCUT2D eigenvalue weighted by Gasteiger charge is 2.40.